The Balaban J connectivity index is 2.28. The standard InChI is InChI=1S/C21H20ClNO2/c1-21(2,3)18-14-17(19(22)20(24)25-18)23(15-10-6-4-7-11-15)16-12-8-5-9-13-16/h4-14H,1-3H3. The van der Waals surface area contributed by atoms with Gasteiger partial charge in [-0.25, -0.2) is 4.79 Å². The molecule has 0 spiro atoms. The van der Waals surface area contributed by atoms with Crippen molar-refractivity contribution in [3.05, 3.63) is 87.9 Å². The Labute approximate surface area is 152 Å². The number of benzene rings is 2. The van der Waals surface area contributed by atoms with Gasteiger partial charge in [0, 0.05) is 22.9 Å². The first-order chi connectivity index (χ1) is 11.9. The molecule has 2 aromatic carbocycles. The molecule has 0 saturated carbocycles. The highest BCUT2D eigenvalue weighted by atomic mass is 35.5. The van der Waals surface area contributed by atoms with E-state index in [4.69, 9.17) is 16.0 Å². The molecule has 0 aliphatic rings. The molecule has 0 amide bonds. The van der Waals surface area contributed by atoms with Crippen molar-refractivity contribution in [2.45, 2.75) is 26.2 Å². The Kier molecular flexibility index (Phi) is 4.69. The van der Waals surface area contributed by atoms with Crippen LogP contribution in [0.1, 0.15) is 26.5 Å². The molecule has 0 aliphatic carbocycles. The summed E-state index contributed by atoms with van der Waals surface area (Å²) in [5.74, 6) is 0.591. The van der Waals surface area contributed by atoms with Gasteiger partial charge in [0.05, 0.1) is 5.69 Å². The van der Waals surface area contributed by atoms with E-state index in [0.717, 1.165) is 11.4 Å². The molecule has 3 rings (SSSR count). The summed E-state index contributed by atoms with van der Waals surface area (Å²) in [6.45, 7) is 6.00. The summed E-state index contributed by atoms with van der Waals surface area (Å²) in [6, 6.07) is 21.5. The first kappa shape index (κ1) is 17.3. The third kappa shape index (κ3) is 3.62. The van der Waals surface area contributed by atoms with Crippen molar-refractivity contribution >= 4 is 28.7 Å². The lowest BCUT2D eigenvalue weighted by atomic mass is 9.92. The molecule has 1 heterocycles. The Bertz CT molecular complexity index is 873. The normalized spacial score (nSPS) is 11.4. The zero-order valence-corrected chi connectivity index (χ0v) is 15.2. The highest BCUT2D eigenvalue weighted by molar-refractivity contribution is 6.33. The fraction of sp³-hybridized carbons (Fsp3) is 0.190. The van der Waals surface area contributed by atoms with Crippen LogP contribution in [-0.2, 0) is 5.41 Å². The summed E-state index contributed by atoms with van der Waals surface area (Å²) in [6.07, 6.45) is 0. The van der Waals surface area contributed by atoms with Crippen LogP contribution in [0.25, 0.3) is 0 Å². The first-order valence-electron chi connectivity index (χ1n) is 8.12. The number of anilines is 3. The average Bonchev–Trinajstić information content (AvgIpc) is 2.60. The fourth-order valence-electron chi connectivity index (χ4n) is 2.58. The highest BCUT2D eigenvalue weighted by Gasteiger charge is 2.24. The van der Waals surface area contributed by atoms with Crippen molar-refractivity contribution in [3.63, 3.8) is 0 Å². The van der Waals surface area contributed by atoms with Crippen molar-refractivity contribution < 1.29 is 4.42 Å². The maximum Gasteiger partial charge on any atom is 0.357 e. The summed E-state index contributed by atoms with van der Waals surface area (Å²) in [5.41, 5.74) is 1.61. The molecule has 0 atom stereocenters. The number of halogens is 1. The van der Waals surface area contributed by atoms with Crippen LogP contribution in [0.3, 0.4) is 0 Å². The minimum Gasteiger partial charge on any atom is -0.426 e. The molecule has 0 fully saturated rings. The van der Waals surface area contributed by atoms with Crippen LogP contribution in [0.4, 0.5) is 17.1 Å². The van der Waals surface area contributed by atoms with Crippen LogP contribution in [0, 0.1) is 0 Å². The second kappa shape index (κ2) is 6.77. The molecule has 0 N–H and O–H groups in total. The van der Waals surface area contributed by atoms with E-state index in [-0.39, 0.29) is 10.4 Å². The van der Waals surface area contributed by atoms with Gasteiger partial charge < -0.3 is 9.32 Å². The minimum atomic E-state index is -0.527. The molecular weight excluding hydrogens is 334 g/mol. The van der Waals surface area contributed by atoms with Gasteiger partial charge in [0.2, 0.25) is 0 Å². The number of hydrogen-bond donors (Lipinski definition) is 0. The predicted octanol–water partition coefficient (Wildman–Crippen LogP) is 6.06. The van der Waals surface area contributed by atoms with Crippen LogP contribution >= 0.6 is 11.6 Å². The van der Waals surface area contributed by atoms with Crippen LogP contribution in [0.15, 0.2) is 75.9 Å². The van der Waals surface area contributed by atoms with Gasteiger partial charge >= 0.3 is 5.63 Å². The van der Waals surface area contributed by atoms with E-state index in [1.54, 1.807) is 0 Å². The minimum absolute atomic E-state index is 0.0701. The summed E-state index contributed by atoms with van der Waals surface area (Å²) in [4.78, 5) is 14.3. The summed E-state index contributed by atoms with van der Waals surface area (Å²) in [7, 11) is 0. The van der Waals surface area contributed by atoms with Crippen molar-refractivity contribution in [2.24, 2.45) is 0 Å². The third-order valence-electron chi connectivity index (χ3n) is 3.88. The lowest BCUT2D eigenvalue weighted by Crippen LogP contribution is -2.19. The van der Waals surface area contributed by atoms with Gasteiger partial charge in [0.15, 0.2) is 5.02 Å². The molecule has 3 aromatic rings. The van der Waals surface area contributed by atoms with Crippen molar-refractivity contribution in [1.82, 2.24) is 0 Å². The Hall–Kier alpha value is -2.52. The predicted molar refractivity (Wildman–Crippen MR) is 103 cm³/mol. The van der Waals surface area contributed by atoms with E-state index >= 15 is 0 Å². The Morgan fingerprint density at radius 2 is 1.36 bits per heavy atom. The summed E-state index contributed by atoms with van der Waals surface area (Å²) in [5, 5.41) is 0.0701. The number of para-hydroxylation sites is 2. The van der Waals surface area contributed by atoms with E-state index < -0.39 is 5.63 Å². The highest BCUT2D eigenvalue weighted by Crippen LogP contribution is 2.39. The molecular formula is C21H20ClNO2. The first-order valence-corrected chi connectivity index (χ1v) is 8.50. The largest absolute Gasteiger partial charge is 0.426 e. The molecule has 1 aromatic heterocycles. The maximum absolute atomic E-state index is 12.3. The molecule has 3 nitrogen and oxygen atoms in total. The second-order valence-electron chi connectivity index (χ2n) is 6.85. The average molecular weight is 354 g/mol. The molecule has 25 heavy (non-hydrogen) atoms. The van der Waals surface area contributed by atoms with Gasteiger partial charge in [-0.15, -0.1) is 0 Å². The quantitative estimate of drug-likeness (QED) is 0.573. The van der Waals surface area contributed by atoms with Gasteiger partial charge in [-0.2, -0.15) is 0 Å². The number of rotatable bonds is 3. The van der Waals surface area contributed by atoms with E-state index in [9.17, 15) is 4.79 Å². The van der Waals surface area contributed by atoms with Gasteiger partial charge in [0.1, 0.15) is 5.76 Å². The molecule has 4 heteroatoms. The molecule has 0 bridgehead atoms. The lowest BCUT2D eigenvalue weighted by molar-refractivity contribution is 0.378. The molecule has 0 unspecified atom stereocenters. The number of hydrogen-bond acceptors (Lipinski definition) is 3. The van der Waals surface area contributed by atoms with E-state index in [0.29, 0.717) is 11.4 Å². The Morgan fingerprint density at radius 1 is 0.880 bits per heavy atom. The molecule has 0 saturated heterocycles. The SMILES string of the molecule is CC(C)(C)c1cc(N(c2ccccc2)c2ccccc2)c(Cl)c(=O)o1. The lowest BCUT2D eigenvalue weighted by Gasteiger charge is -2.27. The summed E-state index contributed by atoms with van der Waals surface area (Å²) < 4.78 is 5.42. The zero-order valence-electron chi connectivity index (χ0n) is 14.5. The Morgan fingerprint density at radius 3 is 1.80 bits per heavy atom. The van der Waals surface area contributed by atoms with Crippen LogP contribution in [-0.4, -0.2) is 0 Å². The van der Waals surface area contributed by atoms with E-state index in [1.807, 2.05) is 92.4 Å². The van der Waals surface area contributed by atoms with Crippen LogP contribution < -0.4 is 10.5 Å². The monoisotopic (exact) mass is 353 g/mol. The number of nitrogens with zero attached hydrogens (tertiary/aromatic N) is 1. The third-order valence-corrected chi connectivity index (χ3v) is 4.23. The molecule has 128 valence electrons. The second-order valence-corrected chi connectivity index (χ2v) is 7.23. The van der Waals surface area contributed by atoms with Crippen LogP contribution in [0.5, 0.6) is 0 Å². The topological polar surface area (TPSA) is 33.5 Å². The van der Waals surface area contributed by atoms with Crippen molar-refractivity contribution in [3.8, 4) is 0 Å². The molecule has 0 radical (unpaired) electrons. The van der Waals surface area contributed by atoms with Crippen molar-refractivity contribution in [1.29, 1.82) is 0 Å². The maximum atomic E-state index is 12.3. The van der Waals surface area contributed by atoms with Gasteiger partial charge in [-0.05, 0) is 24.3 Å². The van der Waals surface area contributed by atoms with Crippen LogP contribution in [0.2, 0.25) is 5.02 Å². The van der Waals surface area contributed by atoms with E-state index in [2.05, 4.69) is 0 Å². The van der Waals surface area contributed by atoms with Gasteiger partial charge in [-0.1, -0.05) is 68.8 Å². The van der Waals surface area contributed by atoms with Crippen molar-refractivity contribution in [2.75, 3.05) is 4.90 Å². The summed E-state index contributed by atoms with van der Waals surface area (Å²) >= 11 is 6.36. The molecule has 0 aliphatic heterocycles. The van der Waals surface area contributed by atoms with E-state index in [1.165, 1.54) is 0 Å². The van der Waals surface area contributed by atoms with Gasteiger partial charge in [-0.3, -0.25) is 0 Å². The fourth-order valence-corrected chi connectivity index (χ4v) is 2.76. The smallest absolute Gasteiger partial charge is 0.357 e. The zero-order chi connectivity index (χ0) is 18.0. The van der Waals surface area contributed by atoms with Gasteiger partial charge in [0.25, 0.3) is 0 Å².